The van der Waals surface area contributed by atoms with Gasteiger partial charge in [-0.25, -0.2) is 0 Å². The summed E-state index contributed by atoms with van der Waals surface area (Å²) in [6.45, 7) is 14.3. The second kappa shape index (κ2) is 6.31. The van der Waals surface area contributed by atoms with Gasteiger partial charge in [0.15, 0.2) is 0 Å². The predicted molar refractivity (Wildman–Crippen MR) is 83.6 cm³/mol. The molecular formula is C17H30N2O. The van der Waals surface area contributed by atoms with Gasteiger partial charge in [-0.15, -0.1) is 0 Å². The van der Waals surface area contributed by atoms with Crippen LogP contribution < -0.4 is 5.32 Å². The van der Waals surface area contributed by atoms with Crippen molar-refractivity contribution in [3.05, 3.63) is 23.7 Å². The van der Waals surface area contributed by atoms with Crippen molar-refractivity contribution < 1.29 is 4.42 Å². The normalized spacial score (nSPS) is 25.1. The Balaban J connectivity index is 1.86. The highest BCUT2D eigenvalue weighted by atomic mass is 16.3. The summed E-state index contributed by atoms with van der Waals surface area (Å²) in [5.74, 6) is 1.96. The first-order chi connectivity index (χ1) is 9.33. The van der Waals surface area contributed by atoms with E-state index in [-0.39, 0.29) is 5.54 Å². The van der Waals surface area contributed by atoms with Crippen molar-refractivity contribution in [2.24, 2.45) is 5.92 Å². The lowest BCUT2D eigenvalue weighted by Gasteiger charge is -2.35. The van der Waals surface area contributed by atoms with Crippen LogP contribution in [0.1, 0.15) is 58.8 Å². The maximum Gasteiger partial charge on any atom is 0.118 e. The quantitative estimate of drug-likeness (QED) is 0.908. The summed E-state index contributed by atoms with van der Waals surface area (Å²) in [5, 5.41) is 3.50. The average molecular weight is 278 g/mol. The van der Waals surface area contributed by atoms with Gasteiger partial charge in [-0.1, -0.05) is 6.92 Å². The van der Waals surface area contributed by atoms with Crippen LogP contribution in [0, 0.1) is 5.92 Å². The number of hydrogen-bond acceptors (Lipinski definition) is 3. The monoisotopic (exact) mass is 278 g/mol. The van der Waals surface area contributed by atoms with Crippen LogP contribution in [0.3, 0.4) is 0 Å². The fourth-order valence-corrected chi connectivity index (χ4v) is 2.86. The van der Waals surface area contributed by atoms with E-state index in [1.165, 1.54) is 24.9 Å². The zero-order valence-corrected chi connectivity index (χ0v) is 13.7. The first-order valence-corrected chi connectivity index (χ1v) is 7.89. The van der Waals surface area contributed by atoms with Gasteiger partial charge in [-0.2, -0.15) is 0 Å². The van der Waals surface area contributed by atoms with Crippen molar-refractivity contribution in [2.45, 2.75) is 72.1 Å². The molecule has 2 atom stereocenters. The predicted octanol–water partition coefficient (Wildman–Crippen LogP) is 3.79. The summed E-state index contributed by atoms with van der Waals surface area (Å²) in [6.07, 6.45) is 4.51. The van der Waals surface area contributed by atoms with Crippen LogP contribution in [-0.4, -0.2) is 23.0 Å². The third kappa shape index (κ3) is 4.64. The largest absolute Gasteiger partial charge is 0.468 e. The fourth-order valence-electron chi connectivity index (χ4n) is 2.86. The molecule has 0 spiro atoms. The first-order valence-electron chi connectivity index (χ1n) is 7.89. The number of rotatable bonds is 4. The smallest absolute Gasteiger partial charge is 0.118 e. The Morgan fingerprint density at radius 1 is 1.35 bits per heavy atom. The summed E-state index contributed by atoms with van der Waals surface area (Å²) in [5.41, 5.74) is 1.39. The van der Waals surface area contributed by atoms with Crippen LogP contribution in [0.25, 0.3) is 0 Å². The molecule has 0 aromatic carbocycles. The van der Waals surface area contributed by atoms with Crippen molar-refractivity contribution in [1.29, 1.82) is 0 Å². The molecule has 2 rings (SSSR count). The van der Waals surface area contributed by atoms with Crippen LogP contribution >= 0.6 is 0 Å². The topological polar surface area (TPSA) is 28.4 Å². The van der Waals surface area contributed by atoms with Gasteiger partial charge in [0.25, 0.3) is 0 Å². The molecule has 3 heteroatoms. The molecule has 114 valence electrons. The van der Waals surface area contributed by atoms with E-state index in [1.54, 1.807) is 0 Å². The molecule has 0 radical (unpaired) electrons. The van der Waals surface area contributed by atoms with Crippen molar-refractivity contribution in [1.82, 2.24) is 10.2 Å². The van der Waals surface area contributed by atoms with Gasteiger partial charge in [-0.3, -0.25) is 4.90 Å². The van der Waals surface area contributed by atoms with Gasteiger partial charge < -0.3 is 9.73 Å². The molecule has 1 fully saturated rings. The Morgan fingerprint density at radius 3 is 2.75 bits per heavy atom. The minimum absolute atomic E-state index is 0.148. The molecule has 1 aliphatic heterocycles. The standard InChI is InChI=1S/C17H30N2O/c1-13-6-7-19(14(2)8-13)11-16-9-15(12-20-16)10-18-17(3,4)5/h9,12-14,18H,6-8,10-11H2,1-5H3. The highest BCUT2D eigenvalue weighted by Crippen LogP contribution is 2.24. The Kier molecular flexibility index (Phi) is 4.92. The third-order valence-electron chi connectivity index (χ3n) is 4.17. The highest BCUT2D eigenvalue weighted by Gasteiger charge is 2.23. The summed E-state index contributed by atoms with van der Waals surface area (Å²) in [6, 6.07) is 2.86. The number of nitrogens with zero attached hydrogens (tertiary/aromatic N) is 1. The molecule has 1 aromatic rings. The average Bonchev–Trinajstić information content (AvgIpc) is 2.77. The summed E-state index contributed by atoms with van der Waals surface area (Å²) in [7, 11) is 0. The fraction of sp³-hybridized carbons (Fsp3) is 0.765. The number of nitrogens with one attached hydrogen (secondary N) is 1. The van der Waals surface area contributed by atoms with E-state index in [4.69, 9.17) is 4.42 Å². The molecule has 3 nitrogen and oxygen atoms in total. The molecule has 0 saturated carbocycles. The van der Waals surface area contributed by atoms with Crippen molar-refractivity contribution in [3.63, 3.8) is 0 Å². The van der Waals surface area contributed by atoms with Gasteiger partial charge >= 0.3 is 0 Å². The maximum absolute atomic E-state index is 5.73. The minimum Gasteiger partial charge on any atom is -0.468 e. The van der Waals surface area contributed by atoms with E-state index in [1.807, 2.05) is 6.26 Å². The van der Waals surface area contributed by atoms with Gasteiger partial charge in [0, 0.05) is 23.7 Å². The summed E-state index contributed by atoms with van der Waals surface area (Å²) < 4.78 is 5.73. The Labute approximate surface area is 123 Å². The lowest BCUT2D eigenvalue weighted by molar-refractivity contribution is 0.114. The Hall–Kier alpha value is -0.800. The zero-order valence-electron chi connectivity index (χ0n) is 13.7. The minimum atomic E-state index is 0.148. The Bertz CT molecular complexity index is 419. The SMILES string of the molecule is CC1CCN(Cc2cc(CNC(C)(C)C)co2)C(C)C1. The summed E-state index contributed by atoms with van der Waals surface area (Å²) >= 11 is 0. The van der Waals surface area contributed by atoms with E-state index in [9.17, 15) is 0 Å². The van der Waals surface area contributed by atoms with Crippen LogP contribution in [0.2, 0.25) is 0 Å². The molecule has 20 heavy (non-hydrogen) atoms. The van der Waals surface area contributed by atoms with E-state index in [2.05, 4.69) is 50.9 Å². The second-order valence-corrected chi connectivity index (χ2v) is 7.47. The van der Waals surface area contributed by atoms with Gasteiger partial charge in [0.05, 0.1) is 12.8 Å². The van der Waals surface area contributed by atoms with E-state index < -0.39 is 0 Å². The van der Waals surface area contributed by atoms with Gasteiger partial charge in [-0.05, 0) is 59.1 Å². The van der Waals surface area contributed by atoms with Gasteiger partial charge in [0.2, 0.25) is 0 Å². The molecule has 1 aromatic heterocycles. The van der Waals surface area contributed by atoms with Crippen molar-refractivity contribution in [2.75, 3.05) is 6.54 Å². The van der Waals surface area contributed by atoms with Crippen LogP contribution in [-0.2, 0) is 13.1 Å². The maximum atomic E-state index is 5.73. The zero-order chi connectivity index (χ0) is 14.8. The van der Waals surface area contributed by atoms with Crippen LogP contribution in [0.4, 0.5) is 0 Å². The first kappa shape index (κ1) is 15.6. The van der Waals surface area contributed by atoms with Crippen molar-refractivity contribution >= 4 is 0 Å². The lowest BCUT2D eigenvalue weighted by atomic mass is 9.93. The number of piperidine rings is 1. The molecule has 0 amide bonds. The molecule has 2 heterocycles. The molecule has 1 saturated heterocycles. The summed E-state index contributed by atoms with van der Waals surface area (Å²) in [4.78, 5) is 2.54. The van der Waals surface area contributed by atoms with Crippen molar-refractivity contribution in [3.8, 4) is 0 Å². The molecule has 0 aliphatic carbocycles. The molecule has 2 unspecified atom stereocenters. The lowest BCUT2D eigenvalue weighted by Crippen LogP contribution is -2.39. The second-order valence-electron chi connectivity index (χ2n) is 7.47. The highest BCUT2D eigenvalue weighted by molar-refractivity contribution is 5.13. The number of furan rings is 1. The third-order valence-corrected chi connectivity index (χ3v) is 4.17. The van der Waals surface area contributed by atoms with Crippen LogP contribution in [0.5, 0.6) is 0 Å². The Morgan fingerprint density at radius 2 is 2.10 bits per heavy atom. The molecule has 1 N–H and O–H groups in total. The molecule has 0 bridgehead atoms. The molecular weight excluding hydrogens is 248 g/mol. The number of hydrogen-bond donors (Lipinski definition) is 1. The molecule has 1 aliphatic rings. The van der Waals surface area contributed by atoms with Gasteiger partial charge in [0.1, 0.15) is 5.76 Å². The van der Waals surface area contributed by atoms with Crippen LogP contribution in [0.15, 0.2) is 16.7 Å². The van der Waals surface area contributed by atoms with E-state index in [0.717, 1.165) is 24.8 Å². The number of likely N-dealkylation sites (tertiary alicyclic amines) is 1. The van der Waals surface area contributed by atoms with E-state index in [0.29, 0.717) is 6.04 Å². The van der Waals surface area contributed by atoms with E-state index >= 15 is 0 Å².